The largest absolute Gasteiger partial charge is 0.493 e. The zero-order valence-corrected chi connectivity index (χ0v) is 15.6. The van der Waals surface area contributed by atoms with Crippen molar-refractivity contribution < 1.29 is 14.3 Å². The lowest BCUT2D eigenvalue weighted by Gasteiger charge is -2.04. The van der Waals surface area contributed by atoms with E-state index < -0.39 is 0 Å². The molecule has 3 aromatic rings. The van der Waals surface area contributed by atoms with E-state index in [1.54, 1.807) is 11.8 Å². The predicted octanol–water partition coefficient (Wildman–Crippen LogP) is 3.59. The fraction of sp³-hybridized carbons (Fsp3) is 0.238. The van der Waals surface area contributed by atoms with Crippen molar-refractivity contribution in [3.8, 4) is 29.0 Å². The Morgan fingerprint density at radius 2 is 1.81 bits per heavy atom. The number of benzene rings is 2. The molecule has 0 atom stereocenters. The van der Waals surface area contributed by atoms with Gasteiger partial charge in [0.2, 0.25) is 11.8 Å². The number of aromatic nitrogens is 2. The summed E-state index contributed by atoms with van der Waals surface area (Å²) in [5.74, 6) is 9.02. The summed E-state index contributed by atoms with van der Waals surface area (Å²) >= 11 is 1.69. The molecule has 1 aromatic heterocycles. The number of ether oxygens (including phenoxy) is 1. The SMILES string of the molecule is OCC#CCc1ccc(-c2nnc(CSCCOc3ccccc3)o2)cc1. The molecule has 6 heteroatoms. The van der Waals surface area contributed by atoms with Crippen LogP contribution in [0.1, 0.15) is 11.5 Å². The van der Waals surface area contributed by atoms with Gasteiger partial charge in [-0.2, -0.15) is 0 Å². The molecule has 0 spiro atoms. The summed E-state index contributed by atoms with van der Waals surface area (Å²) in [7, 11) is 0. The van der Waals surface area contributed by atoms with Crippen LogP contribution in [0, 0.1) is 11.8 Å². The first-order valence-corrected chi connectivity index (χ1v) is 9.74. The van der Waals surface area contributed by atoms with Crippen molar-refractivity contribution in [3.63, 3.8) is 0 Å². The summed E-state index contributed by atoms with van der Waals surface area (Å²) in [4.78, 5) is 0. The van der Waals surface area contributed by atoms with E-state index in [4.69, 9.17) is 14.3 Å². The van der Waals surface area contributed by atoms with Gasteiger partial charge in [-0.25, -0.2) is 0 Å². The molecule has 0 aliphatic carbocycles. The van der Waals surface area contributed by atoms with Crippen molar-refractivity contribution in [2.75, 3.05) is 19.0 Å². The van der Waals surface area contributed by atoms with E-state index in [2.05, 4.69) is 22.0 Å². The number of rotatable bonds is 8. The van der Waals surface area contributed by atoms with E-state index in [0.717, 1.165) is 22.6 Å². The Kier molecular flexibility index (Phi) is 7.34. The first-order chi connectivity index (χ1) is 13.3. The van der Waals surface area contributed by atoms with Crippen LogP contribution in [0.25, 0.3) is 11.5 Å². The Labute approximate surface area is 162 Å². The molecule has 0 amide bonds. The molecule has 2 aromatic carbocycles. The van der Waals surface area contributed by atoms with Crippen molar-refractivity contribution >= 4 is 11.8 Å². The molecule has 0 fully saturated rings. The Morgan fingerprint density at radius 1 is 1.00 bits per heavy atom. The minimum atomic E-state index is -0.112. The van der Waals surface area contributed by atoms with Gasteiger partial charge in [-0.15, -0.1) is 22.0 Å². The molecule has 0 aliphatic heterocycles. The van der Waals surface area contributed by atoms with Gasteiger partial charge in [-0.3, -0.25) is 0 Å². The van der Waals surface area contributed by atoms with Gasteiger partial charge in [-0.1, -0.05) is 42.2 Å². The number of thioether (sulfide) groups is 1. The Hall–Kier alpha value is -2.75. The van der Waals surface area contributed by atoms with Crippen molar-refractivity contribution in [1.29, 1.82) is 0 Å². The summed E-state index contributed by atoms with van der Waals surface area (Å²) in [5.41, 5.74) is 1.96. The second-order valence-electron chi connectivity index (χ2n) is 5.60. The van der Waals surface area contributed by atoms with Crippen molar-refractivity contribution in [2.45, 2.75) is 12.2 Å². The molecule has 0 saturated heterocycles. The number of hydrogen-bond donors (Lipinski definition) is 1. The summed E-state index contributed by atoms with van der Waals surface area (Å²) in [6.07, 6.45) is 0.609. The first-order valence-electron chi connectivity index (χ1n) is 8.59. The molecule has 0 bridgehead atoms. The molecule has 3 rings (SSSR count). The lowest BCUT2D eigenvalue weighted by molar-refractivity contribution is 0.344. The van der Waals surface area contributed by atoms with Crippen LogP contribution >= 0.6 is 11.8 Å². The van der Waals surface area contributed by atoms with Crippen LogP contribution in [0.3, 0.4) is 0 Å². The van der Waals surface area contributed by atoms with Gasteiger partial charge in [0.05, 0.1) is 12.4 Å². The fourth-order valence-electron chi connectivity index (χ4n) is 2.31. The lowest BCUT2D eigenvalue weighted by atomic mass is 10.1. The smallest absolute Gasteiger partial charge is 0.247 e. The van der Waals surface area contributed by atoms with E-state index in [0.29, 0.717) is 30.6 Å². The summed E-state index contributed by atoms with van der Waals surface area (Å²) in [6.45, 7) is 0.523. The normalized spacial score (nSPS) is 10.3. The number of nitrogens with zero attached hydrogens (tertiary/aromatic N) is 2. The van der Waals surface area contributed by atoms with Crippen LogP contribution in [0.15, 0.2) is 59.0 Å². The number of aliphatic hydroxyl groups is 1. The fourth-order valence-corrected chi connectivity index (χ4v) is 2.95. The zero-order chi connectivity index (χ0) is 18.7. The average molecular weight is 380 g/mol. The molecule has 1 heterocycles. The summed E-state index contributed by atoms with van der Waals surface area (Å²) in [5, 5.41) is 16.9. The topological polar surface area (TPSA) is 68.4 Å². The van der Waals surface area contributed by atoms with Crippen molar-refractivity contribution in [1.82, 2.24) is 10.2 Å². The molecule has 5 nitrogen and oxygen atoms in total. The lowest BCUT2D eigenvalue weighted by Crippen LogP contribution is -2.00. The molecular formula is C21H20N2O3S. The molecule has 0 radical (unpaired) electrons. The third kappa shape index (κ3) is 6.17. The van der Waals surface area contributed by atoms with Gasteiger partial charge in [0.25, 0.3) is 0 Å². The Morgan fingerprint density at radius 3 is 2.59 bits per heavy atom. The standard InChI is InChI=1S/C21H20N2O3S/c24-13-5-4-6-17-9-11-18(12-10-17)21-23-22-20(26-21)16-27-15-14-25-19-7-2-1-3-8-19/h1-3,7-12,24H,6,13-16H2. The molecule has 1 N–H and O–H groups in total. The van der Waals surface area contributed by atoms with Crippen molar-refractivity contribution in [3.05, 3.63) is 66.1 Å². The Bertz CT molecular complexity index is 883. The van der Waals surface area contributed by atoms with E-state index >= 15 is 0 Å². The number of para-hydroxylation sites is 1. The highest BCUT2D eigenvalue weighted by atomic mass is 32.2. The predicted molar refractivity (Wildman–Crippen MR) is 106 cm³/mol. The minimum Gasteiger partial charge on any atom is -0.493 e. The molecule has 0 saturated carbocycles. The molecule has 0 unspecified atom stereocenters. The maximum Gasteiger partial charge on any atom is 0.247 e. The maximum atomic E-state index is 8.67. The first kappa shape index (κ1) is 19.0. The maximum absolute atomic E-state index is 8.67. The van der Waals surface area contributed by atoms with Gasteiger partial charge >= 0.3 is 0 Å². The molecule has 138 valence electrons. The molecule has 27 heavy (non-hydrogen) atoms. The second kappa shape index (κ2) is 10.4. The summed E-state index contributed by atoms with van der Waals surface area (Å²) < 4.78 is 11.4. The van der Waals surface area contributed by atoms with Crippen LogP contribution < -0.4 is 4.74 Å². The van der Waals surface area contributed by atoms with Crippen LogP contribution in [-0.2, 0) is 12.2 Å². The van der Waals surface area contributed by atoms with Crippen molar-refractivity contribution in [2.24, 2.45) is 0 Å². The van der Waals surface area contributed by atoms with Crippen LogP contribution in [0.2, 0.25) is 0 Å². The zero-order valence-electron chi connectivity index (χ0n) is 14.8. The third-order valence-corrected chi connectivity index (χ3v) is 4.54. The van der Waals surface area contributed by atoms with Gasteiger partial charge in [0, 0.05) is 17.7 Å². The Balaban J connectivity index is 1.44. The monoisotopic (exact) mass is 380 g/mol. The quantitative estimate of drug-likeness (QED) is 0.476. The van der Waals surface area contributed by atoms with E-state index in [1.807, 2.05) is 54.6 Å². The number of hydrogen-bond acceptors (Lipinski definition) is 6. The highest BCUT2D eigenvalue weighted by Gasteiger charge is 2.08. The second-order valence-corrected chi connectivity index (χ2v) is 6.71. The van der Waals surface area contributed by atoms with Gasteiger partial charge in [0.1, 0.15) is 12.4 Å². The van der Waals surface area contributed by atoms with E-state index in [-0.39, 0.29) is 6.61 Å². The van der Waals surface area contributed by atoms with Crippen LogP contribution in [0.5, 0.6) is 5.75 Å². The van der Waals surface area contributed by atoms with E-state index in [9.17, 15) is 0 Å². The highest BCUT2D eigenvalue weighted by Crippen LogP contribution is 2.20. The summed E-state index contributed by atoms with van der Waals surface area (Å²) in [6, 6.07) is 17.6. The third-order valence-electron chi connectivity index (χ3n) is 3.63. The highest BCUT2D eigenvalue weighted by molar-refractivity contribution is 7.98. The van der Waals surface area contributed by atoms with Gasteiger partial charge in [0.15, 0.2) is 0 Å². The molecular weight excluding hydrogens is 360 g/mol. The molecule has 0 aliphatic rings. The number of aliphatic hydroxyl groups excluding tert-OH is 1. The average Bonchev–Trinajstić information content (AvgIpc) is 3.18. The van der Waals surface area contributed by atoms with Gasteiger partial charge in [-0.05, 0) is 29.8 Å². The minimum absolute atomic E-state index is 0.112. The van der Waals surface area contributed by atoms with E-state index in [1.165, 1.54) is 0 Å². The van der Waals surface area contributed by atoms with Crippen LogP contribution in [-0.4, -0.2) is 34.3 Å². The van der Waals surface area contributed by atoms with Crippen LogP contribution in [0.4, 0.5) is 0 Å². The van der Waals surface area contributed by atoms with Gasteiger partial charge < -0.3 is 14.3 Å².